The van der Waals surface area contributed by atoms with Crippen molar-refractivity contribution in [3.63, 3.8) is 0 Å². The smallest absolute Gasteiger partial charge is 0.267 e. The Balaban J connectivity index is 1.80. The third-order valence-electron chi connectivity index (χ3n) is 5.01. The Bertz CT molecular complexity index is 420. The number of carbonyl (C=O) groups excluding carboxylic acids is 1. The molecule has 2 aliphatic rings. The van der Waals surface area contributed by atoms with Gasteiger partial charge in [0.2, 0.25) is 0 Å². The van der Waals surface area contributed by atoms with Crippen LogP contribution in [0.4, 0.5) is 0 Å². The molecule has 0 spiro atoms. The summed E-state index contributed by atoms with van der Waals surface area (Å²) in [5.41, 5.74) is 4.40. The number of hydrogen-bond acceptors (Lipinski definition) is 2. The van der Waals surface area contributed by atoms with Crippen LogP contribution < -0.4 is 5.43 Å². The molecule has 0 aromatic carbocycles. The standard InChI is InChI=1S/C18H28N2O/c1-3-14(4-2)18(21)20-19-17-12-6-10-16(11-7-13-17)15-8-5-9-15/h3-4,15-16H,1,5-13H2,2H3,(H,20,21)/b14-4+,19-17?. The molecule has 2 saturated carbocycles. The predicted molar refractivity (Wildman–Crippen MR) is 88.1 cm³/mol. The zero-order valence-electron chi connectivity index (χ0n) is 13.2. The Morgan fingerprint density at radius 3 is 2.14 bits per heavy atom. The van der Waals surface area contributed by atoms with Crippen LogP contribution in [0.5, 0.6) is 0 Å². The number of hydrazone groups is 1. The molecule has 0 atom stereocenters. The van der Waals surface area contributed by atoms with Gasteiger partial charge in [-0.2, -0.15) is 5.10 Å². The summed E-state index contributed by atoms with van der Waals surface area (Å²) in [6, 6.07) is 0. The van der Waals surface area contributed by atoms with Crippen molar-refractivity contribution in [3.8, 4) is 0 Å². The minimum absolute atomic E-state index is 0.158. The maximum absolute atomic E-state index is 11.8. The molecule has 3 heteroatoms. The zero-order chi connectivity index (χ0) is 15.1. The van der Waals surface area contributed by atoms with Gasteiger partial charge in [-0.25, -0.2) is 5.43 Å². The maximum atomic E-state index is 11.8. The lowest BCUT2D eigenvalue weighted by Crippen LogP contribution is -2.25. The van der Waals surface area contributed by atoms with Gasteiger partial charge in [0.25, 0.3) is 5.91 Å². The van der Waals surface area contributed by atoms with Crippen molar-refractivity contribution in [3.05, 3.63) is 24.3 Å². The Labute approximate surface area is 128 Å². The third kappa shape index (κ3) is 4.55. The summed E-state index contributed by atoms with van der Waals surface area (Å²) in [4.78, 5) is 11.8. The normalized spacial score (nSPS) is 24.5. The van der Waals surface area contributed by atoms with Crippen molar-refractivity contribution < 1.29 is 4.79 Å². The fraction of sp³-hybridized carbons (Fsp3) is 0.667. The van der Waals surface area contributed by atoms with Crippen LogP contribution in [0.15, 0.2) is 29.4 Å². The summed E-state index contributed by atoms with van der Waals surface area (Å²) in [5.74, 6) is 1.80. The van der Waals surface area contributed by atoms with Crippen molar-refractivity contribution in [1.29, 1.82) is 0 Å². The molecule has 21 heavy (non-hydrogen) atoms. The quantitative estimate of drug-likeness (QED) is 0.466. The summed E-state index contributed by atoms with van der Waals surface area (Å²) < 4.78 is 0. The average molecular weight is 288 g/mol. The summed E-state index contributed by atoms with van der Waals surface area (Å²) in [6.45, 7) is 5.47. The van der Waals surface area contributed by atoms with Crippen molar-refractivity contribution in [2.24, 2.45) is 16.9 Å². The molecule has 0 radical (unpaired) electrons. The first-order valence-corrected chi connectivity index (χ1v) is 8.39. The highest BCUT2D eigenvalue weighted by atomic mass is 16.2. The first-order chi connectivity index (χ1) is 10.2. The van der Waals surface area contributed by atoms with E-state index in [1.165, 1.54) is 44.9 Å². The monoisotopic (exact) mass is 288 g/mol. The number of carbonyl (C=O) groups is 1. The van der Waals surface area contributed by atoms with Crippen LogP contribution in [-0.4, -0.2) is 11.6 Å². The van der Waals surface area contributed by atoms with Gasteiger partial charge in [0, 0.05) is 11.3 Å². The van der Waals surface area contributed by atoms with Crippen molar-refractivity contribution >= 4 is 11.6 Å². The highest BCUT2D eigenvalue weighted by Crippen LogP contribution is 2.39. The van der Waals surface area contributed by atoms with E-state index in [9.17, 15) is 4.79 Å². The van der Waals surface area contributed by atoms with Gasteiger partial charge >= 0.3 is 0 Å². The van der Waals surface area contributed by atoms with Crippen LogP contribution in [0.3, 0.4) is 0 Å². The van der Waals surface area contributed by atoms with Gasteiger partial charge in [-0.1, -0.05) is 38.0 Å². The van der Waals surface area contributed by atoms with Gasteiger partial charge in [0.05, 0.1) is 0 Å². The summed E-state index contributed by atoms with van der Waals surface area (Å²) >= 11 is 0. The number of nitrogens with zero attached hydrogens (tertiary/aromatic N) is 1. The van der Waals surface area contributed by atoms with E-state index in [2.05, 4.69) is 17.1 Å². The lowest BCUT2D eigenvalue weighted by atomic mass is 9.71. The Hall–Kier alpha value is -1.38. The molecule has 116 valence electrons. The highest BCUT2D eigenvalue weighted by Gasteiger charge is 2.27. The molecule has 0 heterocycles. The fourth-order valence-electron chi connectivity index (χ4n) is 3.44. The predicted octanol–water partition coefficient (Wildman–Crippen LogP) is 4.36. The Kier molecular flexibility index (Phi) is 6.21. The van der Waals surface area contributed by atoms with E-state index in [0.717, 1.165) is 30.4 Å². The van der Waals surface area contributed by atoms with Gasteiger partial charge in [0.1, 0.15) is 0 Å². The van der Waals surface area contributed by atoms with Crippen LogP contribution in [-0.2, 0) is 4.79 Å². The van der Waals surface area contributed by atoms with Gasteiger partial charge in [-0.15, -0.1) is 0 Å². The van der Waals surface area contributed by atoms with Crippen molar-refractivity contribution in [2.45, 2.75) is 64.7 Å². The third-order valence-corrected chi connectivity index (χ3v) is 5.01. The van der Waals surface area contributed by atoms with Crippen molar-refractivity contribution in [2.75, 3.05) is 0 Å². The number of amides is 1. The lowest BCUT2D eigenvalue weighted by Gasteiger charge is -2.35. The van der Waals surface area contributed by atoms with E-state index in [0.29, 0.717) is 5.57 Å². The van der Waals surface area contributed by atoms with E-state index in [-0.39, 0.29) is 5.91 Å². The van der Waals surface area contributed by atoms with Gasteiger partial charge in [-0.3, -0.25) is 4.79 Å². The molecule has 2 rings (SSSR count). The molecule has 0 bridgehead atoms. The average Bonchev–Trinajstić information content (AvgIpc) is 2.39. The minimum atomic E-state index is -0.158. The van der Waals surface area contributed by atoms with E-state index < -0.39 is 0 Å². The molecule has 0 aromatic rings. The molecular weight excluding hydrogens is 260 g/mol. The second-order valence-electron chi connectivity index (χ2n) is 6.30. The van der Waals surface area contributed by atoms with Crippen LogP contribution in [0.2, 0.25) is 0 Å². The Morgan fingerprint density at radius 1 is 1.14 bits per heavy atom. The highest BCUT2D eigenvalue weighted by molar-refractivity contribution is 5.97. The van der Waals surface area contributed by atoms with Gasteiger partial charge in [0.15, 0.2) is 0 Å². The van der Waals surface area contributed by atoms with Crippen LogP contribution in [0, 0.1) is 11.8 Å². The summed E-state index contributed by atoms with van der Waals surface area (Å²) in [5, 5.41) is 4.33. The van der Waals surface area contributed by atoms with Crippen LogP contribution in [0.25, 0.3) is 0 Å². The molecule has 1 amide bonds. The summed E-state index contributed by atoms with van der Waals surface area (Å²) in [7, 11) is 0. The molecule has 3 nitrogen and oxygen atoms in total. The molecule has 0 unspecified atom stereocenters. The summed E-state index contributed by atoms with van der Waals surface area (Å²) in [6.07, 6.45) is 14.8. The molecule has 2 fully saturated rings. The SMILES string of the molecule is C=C/C(=C\C)C(=O)NN=C1CCCC(C2CCC2)CCC1. The van der Waals surface area contributed by atoms with E-state index in [1.54, 1.807) is 12.2 Å². The van der Waals surface area contributed by atoms with Gasteiger partial charge < -0.3 is 0 Å². The number of hydrogen-bond donors (Lipinski definition) is 1. The maximum Gasteiger partial charge on any atom is 0.271 e. The fourth-order valence-corrected chi connectivity index (χ4v) is 3.44. The van der Waals surface area contributed by atoms with Gasteiger partial charge in [-0.05, 0) is 57.3 Å². The molecule has 0 saturated heterocycles. The van der Waals surface area contributed by atoms with E-state index in [1.807, 2.05) is 6.92 Å². The minimum Gasteiger partial charge on any atom is -0.267 e. The number of rotatable bonds is 4. The zero-order valence-corrected chi connectivity index (χ0v) is 13.2. The Morgan fingerprint density at radius 2 is 1.71 bits per heavy atom. The molecule has 0 aliphatic heterocycles. The second kappa shape index (κ2) is 8.16. The molecular formula is C18H28N2O. The number of allylic oxidation sites excluding steroid dienone is 1. The number of nitrogens with one attached hydrogen (secondary N) is 1. The lowest BCUT2D eigenvalue weighted by molar-refractivity contribution is -0.117. The first kappa shape index (κ1) is 16.0. The van der Waals surface area contributed by atoms with E-state index >= 15 is 0 Å². The van der Waals surface area contributed by atoms with Crippen molar-refractivity contribution in [1.82, 2.24) is 5.43 Å². The first-order valence-electron chi connectivity index (χ1n) is 8.39. The topological polar surface area (TPSA) is 41.5 Å². The molecule has 0 aromatic heterocycles. The second-order valence-corrected chi connectivity index (χ2v) is 6.30. The molecule has 1 N–H and O–H groups in total. The largest absolute Gasteiger partial charge is 0.271 e. The van der Waals surface area contributed by atoms with E-state index in [4.69, 9.17) is 0 Å². The van der Waals surface area contributed by atoms with Crippen LogP contribution in [0.1, 0.15) is 64.7 Å². The molecule has 2 aliphatic carbocycles. The van der Waals surface area contributed by atoms with Crippen LogP contribution >= 0.6 is 0 Å².